The van der Waals surface area contributed by atoms with Crippen molar-refractivity contribution in [1.29, 1.82) is 0 Å². The molecule has 2 heterocycles. The van der Waals surface area contributed by atoms with Gasteiger partial charge in [-0.05, 0) is 22.4 Å². The number of hydrogen-bond donors (Lipinski definition) is 2. The molecule has 0 aliphatic rings. The van der Waals surface area contributed by atoms with Gasteiger partial charge in [-0.25, -0.2) is 9.89 Å². The van der Waals surface area contributed by atoms with Crippen LogP contribution in [0.25, 0.3) is 0 Å². The average Bonchev–Trinajstić information content (AvgIpc) is 2.90. The Balaban J connectivity index is 2.20. The Kier molecular flexibility index (Phi) is 3.47. The van der Waals surface area contributed by atoms with E-state index >= 15 is 0 Å². The number of hydrogen-bond acceptors (Lipinski definition) is 5. The van der Waals surface area contributed by atoms with Crippen LogP contribution >= 0.6 is 23.1 Å². The van der Waals surface area contributed by atoms with Crippen molar-refractivity contribution in [1.82, 2.24) is 14.8 Å². The lowest BCUT2D eigenvalue weighted by atomic mass is 10.2. The second-order valence-electron chi connectivity index (χ2n) is 3.27. The second-order valence-corrected chi connectivity index (χ2v) is 5.22. The maximum absolute atomic E-state index is 11.2. The summed E-state index contributed by atoms with van der Waals surface area (Å²) in [6, 6.07) is 2.04. The van der Waals surface area contributed by atoms with Crippen molar-refractivity contribution in [2.45, 2.75) is 10.4 Å². The van der Waals surface area contributed by atoms with Gasteiger partial charge in [0.05, 0.1) is 5.25 Å². The van der Waals surface area contributed by atoms with Crippen molar-refractivity contribution in [2.75, 3.05) is 6.54 Å². The number of rotatable bonds is 4. The summed E-state index contributed by atoms with van der Waals surface area (Å²) >= 11 is 3.13. The first kappa shape index (κ1) is 11.4. The van der Waals surface area contributed by atoms with Crippen molar-refractivity contribution in [3.05, 3.63) is 32.9 Å². The molecule has 0 radical (unpaired) electrons. The molecular weight excluding hydrogens is 244 g/mol. The minimum atomic E-state index is -0.205. The first-order valence-electron chi connectivity index (χ1n) is 4.72. The molecule has 1 unspecified atom stereocenters. The van der Waals surface area contributed by atoms with E-state index in [2.05, 4.69) is 15.6 Å². The molecule has 1 atom stereocenters. The quantitative estimate of drug-likeness (QED) is 0.799. The van der Waals surface area contributed by atoms with Crippen LogP contribution in [0.5, 0.6) is 0 Å². The molecule has 0 saturated heterocycles. The normalized spacial score (nSPS) is 12.9. The van der Waals surface area contributed by atoms with Gasteiger partial charge in [-0.3, -0.25) is 4.57 Å². The van der Waals surface area contributed by atoms with Gasteiger partial charge in [0.15, 0.2) is 5.16 Å². The molecule has 2 rings (SSSR count). The van der Waals surface area contributed by atoms with Crippen LogP contribution in [-0.2, 0) is 7.05 Å². The summed E-state index contributed by atoms with van der Waals surface area (Å²) in [7, 11) is 1.69. The van der Waals surface area contributed by atoms with Crippen LogP contribution in [0.3, 0.4) is 0 Å². The first-order chi connectivity index (χ1) is 7.72. The van der Waals surface area contributed by atoms with E-state index in [9.17, 15) is 4.79 Å². The van der Waals surface area contributed by atoms with E-state index < -0.39 is 0 Å². The Morgan fingerprint density at radius 1 is 1.75 bits per heavy atom. The molecule has 0 aliphatic carbocycles. The van der Waals surface area contributed by atoms with Crippen LogP contribution < -0.4 is 11.4 Å². The Bertz CT molecular complexity index is 502. The molecule has 0 saturated carbocycles. The van der Waals surface area contributed by atoms with Crippen molar-refractivity contribution in [3.8, 4) is 0 Å². The molecule has 0 amide bonds. The maximum atomic E-state index is 11.2. The highest BCUT2D eigenvalue weighted by molar-refractivity contribution is 7.99. The predicted octanol–water partition coefficient (Wildman–Crippen LogP) is 0.962. The van der Waals surface area contributed by atoms with Crippen LogP contribution in [-0.4, -0.2) is 21.3 Å². The van der Waals surface area contributed by atoms with Gasteiger partial charge in [0.25, 0.3) is 0 Å². The third-order valence-electron chi connectivity index (χ3n) is 2.22. The predicted molar refractivity (Wildman–Crippen MR) is 65.8 cm³/mol. The molecule has 2 aromatic rings. The Morgan fingerprint density at radius 2 is 2.56 bits per heavy atom. The SMILES string of the molecule is Cn1c(SC(CN)c2ccsc2)n[nH]c1=O. The highest BCUT2D eigenvalue weighted by Crippen LogP contribution is 2.33. The molecule has 3 N–H and O–H groups in total. The molecule has 0 fully saturated rings. The van der Waals surface area contributed by atoms with Crippen LogP contribution in [0.2, 0.25) is 0 Å². The highest BCUT2D eigenvalue weighted by atomic mass is 32.2. The molecule has 7 heteroatoms. The van der Waals surface area contributed by atoms with Crippen molar-refractivity contribution >= 4 is 23.1 Å². The van der Waals surface area contributed by atoms with Gasteiger partial charge in [0.2, 0.25) is 0 Å². The van der Waals surface area contributed by atoms with Gasteiger partial charge in [0, 0.05) is 13.6 Å². The van der Waals surface area contributed by atoms with E-state index in [1.165, 1.54) is 21.9 Å². The topological polar surface area (TPSA) is 76.7 Å². The van der Waals surface area contributed by atoms with Crippen LogP contribution in [0, 0.1) is 0 Å². The molecule has 0 aliphatic heterocycles. The second kappa shape index (κ2) is 4.86. The molecule has 16 heavy (non-hydrogen) atoms. The summed E-state index contributed by atoms with van der Waals surface area (Å²) in [5, 5.41) is 11.2. The molecule has 0 spiro atoms. The Labute approximate surface area is 101 Å². The lowest BCUT2D eigenvalue weighted by Crippen LogP contribution is -2.14. The largest absolute Gasteiger partial charge is 0.343 e. The minimum absolute atomic E-state index is 0.139. The van der Waals surface area contributed by atoms with E-state index in [-0.39, 0.29) is 10.9 Å². The van der Waals surface area contributed by atoms with Crippen molar-refractivity contribution < 1.29 is 0 Å². The van der Waals surface area contributed by atoms with Gasteiger partial charge in [0.1, 0.15) is 0 Å². The zero-order chi connectivity index (χ0) is 11.5. The van der Waals surface area contributed by atoms with E-state index in [4.69, 9.17) is 5.73 Å². The fraction of sp³-hybridized carbons (Fsp3) is 0.333. The van der Waals surface area contributed by atoms with Gasteiger partial charge >= 0.3 is 5.69 Å². The lowest BCUT2D eigenvalue weighted by molar-refractivity contribution is 0.760. The zero-order valence-corrected chi connectivity index (χ0v) is 10.3. The zero-order valence-electron chi connectivity index (χ0n) is 8.71. The van der Waals surface area contributed by atoms with Gasteiger partial charge in [-0.2, -0.15) is 11.3 Å². The Morgan fingerprint density at radius 3 is 3.06 bits per heavy atom. The standard InChI is InChI=1S/C9H12N4OS2/c1-13-8(14)11-12-9(13)16-7(4-10)6-2-3-15-5-6/h2-3,5,7H,4,10H2,1H3,(H,11,14). The number of H-pyrrole nitrogens is 1. The fourth-order valence-corrected chi connectivity index (χ4v) is 3.05. The molecule has 86 valence electrons. The minimum Gasteiger partial charge on any atom is -0.329 e. The van der Waals surface area contributed by atoms with Gasteiger partial charge in [-0.15, -0.1) is 5.10 Å². The Hall–Kier alpha value is -1.05. The van der Waals surface area contributed by atoms with Crippen molar-refractivity contribution in [2.24, 2.45) is 12.8 Å². The highest BCUT2D eigenvalue weighted by Gasteiger charge is 2.15. The third-order valence-corrected chi connectivity index (χ3v) is 4.24. The van der Waals surface area contributed by atoms with E-state index in [0.717, 1.165) is 0 Å². The molecular formula is C9H12N4OS2. The number of aromatic amines is 1. The number of thioether (sulfide) groups is 1. The monoisotopic (exact) mass is 256 g/mol. The molecule has 0 aromatic carbocycles. The van der Waals surface area contributed by atoms with E-state index in [1.54, 1.807) is 18.4 Å². The van der Waals surface area contributed by atoms with Gasteiger partial charge < -0.3 is 5.73 Å². The summed E-state index contributed by atoms with van der Waals surface area (Å²) < 4.78 is 1.49. The average molecular weight is 256 g/mol. The third kappa shape index (κ3) is 2.21. The van der Waals surface area contributed by atoms with E-state index in [1.807, 2.05) is 11.4 Å². The summed E-state index contributed by atoms with van der Waals surface area (Å²) in [5.41, 5.74) is 6.70. The number of nitrogens with two attached hydrogens (primary N) is 1. The maximum Gasteiger partial charge on any atom is 0.343 e. The number of aromatic nitrogens is 3. The van der Waals surface area contributed by atoms with Crippen LogP contribution in [0.1, 0.15) is 10.8 Å². The summed E-state index contributed by atoms with van der Waals surface area (Å²) in [6.45, 7) is 0.516. The lowest BCUT2D eigenvalue weighted by Gasteiger charge is -2.11. The van der Waals surface area contributed by atoms with E-state index in [0.29, 0.717) is 11.7 Å². The van der Waals surface area contributed by atoms with Gasteiger partial charge in [-0.1, -0.05) is 11.8 Å². The van der Waals surface area contributed by atoms with Crippen LogP contribution in [0.15, 0.2) is 26.8 Å². The summed E-state index contributed by atoms with van der Waals surface area (Å²) in [6.07, 6.45) is 0. The smallest absolute Gasteiger partial charge is 0.329 e. The number of thiophene rings is 1. The molecule has 2 aromatic heterocycles. The summed E-state index contributed by atoms with van der Waals surface area (Å²) in [5.74, 6) is 0. The van der Waals surface area contributed by atoms with Crippen molar-refractivity contribution in [3.63, 3.8) is 0 Å². The van der Waals surface area contributed by atoms with Crippen LogP contribution in [0.4, 0.5) is 0 Å². The fourth-order valence-electron chi connectivity index (χ4n) is 1.28. The number of nitrogens with one attached hydrogen (secondary N) is 1. The molecule has 0 bridgehead atoms. The summed E-state index contributed by atoms with van der Waals surface area (Å²) in [4.78, 5) is 11.2. The number of nitrogens with zero attached hydrogens (tertiary/aromatic N) is 2. The first-order valence-corrected chi connectivity index (χ1v) is 6.55. The molecule has 5 nitrogen and oxygen atoms in total.